The summed E-state index contributed by atoms with van der Waals surface area (Å²) in [5, 5.41) is 37.9. The Morgan fingerprint density at radius 3 is 2.20 bits per heavy atom. The summed E-state index contributed by atoms with van der Waals surface area (Å²) in [6.07, 6.45) is 0. The number of aromatic hydroxyl groups is 4. The normalized spacial score (nSPS) is 10.7. The Hall–Kier alpha value is -2.30. The molecular weight excluding hydrogens is 198 g/mol. The van der Waals surface area contributed by atoms with Crippen LogP contribution in [-0.2, 0) is 0 Å². The molecule has 0 aromatic heterocycles. The average Bonchev–Trinajstić information content (AvgIpc) is 2.13. The Morgan fingerprint density at radius 2 is 1.53 bits per heavy atom. The second-order valence-electron chi connectivity index (χ2n) is 3.22. The quantitative estimate of drug-likeness (QED) is 0.330. The lowest BCUT2D eigenvalue weighted by Crippen LogP contribution is -1.89. The van der Waals surface area contributed by atoms with Crippen LogP contribution in [-0.4, -0.2) is 20.4 Å². The maximum atomic E-state index is 9.52. The lowest BCUT2D eigenvalue weighted by Gasteiger charge is -2.08. The minimum atomic E-state index is -0.483. The number of rotatable bonds is 0. The van der Waals surface area contributed by atoms with E-state index in [-0.39, 0.29) is 22.6 Å². The van der Waals surface area contributed by atoms with Gasteiger partial charge in [0.25, 0.3) is 0 Å². The molecule has 0 saturated heterocycles. The molecule has 0 aliphatic carbocycles. The van der Waals surface area contributed by atoms with Gasteiger partial charge in [-0.2, -0.15) is 0 Å². The maximum Gasteiger partial charge on any atom is 0.181 e. The number of benzene rings is 2. The van der Waals surface area contributed by atoms with Gasteiger partial charge in [0, 0.05) is 6.07 Å². The van der Waals surface area contributed by atoms with Crippen molar-refractivity contribution in [2.75, 3.05) is 5.73 Å². The minimum absolute atomic E-state index is 0.123. The van der Waals surface area contributed by atoms with E-state index in [0.717, 1.165) is 6.07 Å². The summed E-state index contributed by atoms with van der Waals surface area (Å²) in [7, 11) is 0. The summed E-state index contributed by atoms with van der Waals surface area (Å²) < 4.78 is 0. The number of hydrogen-bond donors (Lipinski definition) is 5. The SMILES string of the molecule is Nc1c(O)c(O)cc2cc(O)cc(O)c12. The van der Waals surface area contributed by atoms with Crippen molar-refractivity contribution >= 4 is 16.5 Å². The summed E-state index contributed by atoms with van der Waals surface area (Å²) >= 11 is 0. The smallest absolute Gasteiger partial charge is 0.181 e. The zero-order valence-electron chi connectivity index (χ0n) is 7.60. The van der Waals surface area contributed by atoms with Crippen molar-refractivity contribution in [2.45, 2.75) is 0 Å². The van der Waals surface area contributed by atoms with E-state index in [1.54, 1.807) is 0 Å². The van der Waals surface area contributed by atoms with Gasteiger partial charge in [0.2, 0.25) is 0 Å². The van der Waals surface area contributed by atoms with Gasteiger partial charge in [0.15, 0.2) is 11.5 Å². The van der Waals surface area contributed by atoms with Crippen molar-refractivity contribution in [3.8, 4) is 23.0 Å². The second kappa shape index (κ2) is 2.84. The molecule has 0 aliphatic rings. The van der Waals surface area contributed by atoms with Crippen LogP contribution in [0.3, 0.4) is 0 Å². The van der Waals surface area contributed by atoms with E-state index >= 15 is 0 Å². The highest BCUT2D eigenvalue weighted by Crippen LogP contribution is 2.43. The van der Waals surface area contributed by atoms with Gasteiger partial charge in [-0.3, -0.25) is 0 Å². The van der Waals surface area contributed by atoms with E-state index in [2.05, 4.69) is 0 Å². The van der Waals surface area contributed by atoms with Crippen molar-refractivity contribution in [1.29, 1.82) is 0 Å². The number of nitrogen functional groups attached to an aromatic ring is 1. The largest absolute Gasteiger partial charge is 0.508 e. The third-order valence-corrected chi connectivity index (χ3v) is 2.19. The molecule has 2 aromatic rings. The van der Waals surface area contributed by atoms with Gasteiger partial charge in [0.1, 0.15) is 11.5 Å². The zero-order valence-corrected chi connectivity index (χ0v) is 7.60. The van der Waals surface area contributed by atoms with E-state index in [1.807, 2.05) is 0 Å². The number of nitrogens with two attached hydrogens (primary N) is 1. The number of fused-ring (bicyclic) bond motifs is 1. The van der Waals surface area contributed by atoms with Gasteiger partial charge in [-0.1, -0.05) is 0 Å². The maximum absolute atomic E-state index is 9.52. The number of phenols is 4. The standard InChI is InChI=1S/C10H9NO4/c11-9-8-4(2-7(14)10(9)15)1-5(12)3-6(8)13/h1-3,12-15H,11H2. The fourth-order valence-electron chi connectivity index (χ4n) is 1.51. The molecular formula is C10H9NO4. The molecule has 0 radical (unpaired) electrons. The Morgan fingerprint density at radius 1 is 0.867 bits per heavy atom. The molecule has 0 saturated carbocycles. The zero-order chi connectivity index (χ0) is 11.2. The van der Waals surface area contributed by atoms with Crippen LogP contribution >= 0.6 is 0 Å². The molecule has 0 heterocycles. The Bertz CT molecular complexity index is 551. The highest BCUT2D eigenvalue weighted by molar-refractivity contribution is 6.02. The predicted octanol–water partition coefficient (Wildman–Crippen LogP) is 1.24. The third kappa shape index (κ3) is 1.25. The van der Waals surface area contributed by atoms with E-state index in [4.69, 9.17) is 5.73 Å². The van der Waals surface area contributed by atoms with Crippen LogP contribution in [0.1, 0.15) is 0 Å². The fraction of sp³-hybridized carbons (Fsp3) is 0. The summed E-state index contributed by atoms with van der Waals surface area (Å²) in [5.74, 6) is -1.28. The summed E-state index contributed by atoms with van der Waals surface area (Å²) in [4.78, 5) is 0. The highest BCUT2D eigenvalue weighted by atomic mass is 16.3. The number of anilines is 1. The molecule has 2 rings (SSSR count). The Labute approximate surface area is 84.6 Å². The topological polar surface area (TPSA) is 107 Å². The number of phenolic OH excluding ortho intramolecular Hbond substituents is 4. The van der Waals surface area contributed by atoms with Gasteiger partial charge in [-0.15, -0.1) is 0 Å². The monoisotopic (exact) mass is 207 g/mol. The Balaban J connectivity index is 2.99. The van der Waals surface area contributed by atoms with Crippen LogP contribution in [0.25, 0.3) is 10.8 Å². The molecule has 5 nitrogen and oxygen atoms in total. The fourth-order valence-corrected chi connectivity index (χ4v) is 1.51. The van der Waals surface area contributed by atoms with Crippen molar-refractivity contribution < 1.29 is 20.4 Å². The van der Waals surface area contributed by atoms with Gasteiger partial charge >= 0.3 is 0 Å². The van der Waals surface area contributed by atoms with Crippen LogP contribution in [0.15, 0.2) is 18.2 Å². The van der Waals surface area contributed by atoms with Crippen molar-refractivity contribution in [3.05, 3.63) is 18.2 Å². The molecule has 5 heteroatoms. The third-order valence-electron chi connectivity index (χ3n) is 2.19. The first kappa shape index (κ1) is 9.26. The van der Waals surface area contributed by atoms with Gasteiger partial charge in [0.05, 0.1) is 11.1 Å². The Kier molecular flexibility index (Phi) is 1.76. The predicted molar refractivity (Wildman–Crippen MR) is 55.0 cm³/mol. The van der Waals surface area contributed by atoms with Crippen molar-refractivity contribution in [1.82, 2.24) is 0 Å². The molecule has 0 bridgehead atoms. The molecule has 0 unspecified atom stereocenters. The van der Waals surface area contributed by atoms with Crippen LogP contribution < -0.4 is 5.73 Å². The summed E-state index contributed by atoms with van der Waals surface area (Å²) in [5.41, 5.74) is 5.40. The lowest BCUT2D eigenvalue weighted by molar-refractivity contribution is 0.406. The first-order valence-corrected chi connectivity index (χ1v) is 4.17. The highest BCUT2D eigenvalue weighted by Gasteiger charge is 2.13. The van der Waals surface area contributed by atoms with Crippen LogP contribution in [0, 0.1) is 0 Å². The molecule has 0 atom stereocenters. The van der Waals surface area contributed by atoms with Crippen molar-refractivity contribution in [2.24, 2.45) is 0 Å². The average molecular weight is 207 g/mol. The summed E-state index contributed by atoms with van der Waals surface area (Å²) in [6.45, 7) is 0. The lowest BCUT2D eigenvalue weighted by atomic mass is 10.1. The molecule has 6 N–H and O–H groups in total. The van der Waals surface area contributed by atoms with E-state index < -0.39 is 11.5 Å². The molecule has 0 aliphatic heterocycles. The molecule has 0 spiro atoms. The molecule has 2 aromatic carbocycles. The van der Waals surface area contributed by atoms with Crippen LogP contribution in [0.4, 0.5) is 5.69 Å². The summed E-state index contributed by atoms with van der Waals surface area (Å²) in [6, 6.07) is 3.64. The van der Waals surface area contributed by atoms with E-state index in [1.165, 1.54) is 12.1 Å². The van der Waals surface area contributed by atoms with Crippen LogP contribution in [0.2, 0.25) is 0 Å². The molecule has 78 valence electrons. The molecule has 15 heavy (non-hydrogen) atoms. The molecule has 0 amide bonds. The van der Waals surface area contributed by atoms with E-state index in [9.17, 15) is 20.4 Å². The first-order chi connectivity index (χ1) is 7.00. The molecule has 0 fully saturated rings. The minimum Gasteiger partial charge on any atom is -0.508 e. The van der Waals surface area contributed by atoms with Gasteiger partial charge in [-0.25, -0.2) is 0 Å². The second-order valence-corrected chi connectivity index (χ2v) is 3.22. The van der Waals surface area contributed by atoms with E-state index in [0.29, 0.717) is 5.39 Å². The van der Waals surface area contributed by atoms with Crippen LogP contribution in [0.5, 0.6) is 23.0 Å². The first-order valence-electron chi connectivity index (χ1n) is 4.17. The van der Waals surface area contributed by atoms with Gasteiger partial charge in [-0.05, 0) is 17.5 Å². The van der Waals surface area contributed by atoms with Crippen molar-refractivity contribution in [3.63, 3.8) is 0 Å². The van der Waals surface area contributed by atoms with Gasteiger partial charge < -0.3 is 26.2 Å². The number of hydrogen-bond acceptors (Lipinski definition) is 5.